The zero-order chi connectivity index (χ0) is 25.9. The van der Waals surface area contributed by atoms with Crippen molar-refractivity contribution in [2.24, 2.45) is 0 Å². The second-order valence-electron chi connectivity index (χ2n) is 7.97. The van der Waals surface area contributed by atoms with Gasteiger partial charge in [0.05, 0.1) is 19.9 Å². The van der Waals surface area contributed by atoms with Crippen LogP contribution in [0.15, 0.2) is 67.0 Å². The van der Waals surface area contributed by atoms with Crippen molar-refractivity contribution in [3.63, 3.8) is 0 Å². The van der Waals surface area contributed by atoms with Gasteiger partial charge < -0.3 is 19.3 Å². The van der Waals surface area contributed by atoms with E-state index in [0.29, 0.717) is 11.5 Å². The van der Waals surface area contributed by atoms with Crippen molar-refractivity contribution in [3.8, 4) is 45.4 Å². The van der Waals surface area contributed by atoms with E-state index >= 15 is 0 Å². The summed E-state index contributed by atoms with van der Waals surface area (Å²) in [5.74, 6) is 0.660. The molecule has 36 heavy (non-hydrogen) atoms. The number of halogens is 3. The maximum Gasteiger partial charge on any atom is 0.434 e. The lowest BCUT2D eigenvalue weighted by Gasteiger charge is -2.18. The number of methoxy groups -OCH3 is 2. The van der Waals surface area contributed by atoms with Crippen LogP contribution in [0.2, 0.25) is 0 Å². The normalized spacial score (nSPS) is 11.3. The minimum Gasteiger partial charge on any atom is -0.507 e. The summed E-state index contributed by atoms with van der Waals surface area (Å²) in [7, 11) is 2.81. The third-order valence-electron chi connectivity index (χ3n) is 5.54. The lowest BCUT2D eigenvalue weighted by Crippen LogP contribution is -2.12. The van der Waals surface area contributed by atoms with E-state index in [0.717, 1.165) is 17.5 Å². The highest BCUT2D eigenvalue weighted by Crippen LogP contribution is 2.44. The summed E-state index contributed by atoms with van der Waals surface area (Å²) in [6, 6.07) is 16.5. The summed E-state index contributed by atoms with van der Waals surface area (Å²) in [6.45, 7) is 2.25. The molecule has 0 bridgehead atoms. The van der Waals surface area contributed by atoms with Gasteiger partial charge in [-0.05, 0) is 42.3 Å². The Balaban J connectivity index is 1.76. The van der Waals surface area contributed by atoms with Crippen LogP contribution < -0.4 is 14.2 Å². The molecule has 6 nitrogen and oxygen atoms in total. The average Bonchev–Trinajstić information content (AvgIpc) is 2.87. The van der Waals surface area contributed by atoms with Gasteiger partial charge in [-0.15, -0.1) is 0 Å². The number of phenols is 1. The van der Waals surface area contributed by atoms with Crippen molar-refractivity contribution in [1.82, 2.24) is 9.97 Å². The molecule has 1 aromatic heterocycles. The summed E-state index contributed by atoms with van der Waals surface area (Å²) < 4.78 is 58.2. The van der Waals surface area contributed by atoms with Crippen molar-refractivity contribution < 1.29 is 32.5 Å². The van der Waals surface area contributed by atoms with Crippen molar-refractivity contribution >= 4 is 0 Å². The summed E-state index contributed by atoms with van der Waals surface area (Å²) in [5, 5.41) is 10.8. The topological polar surface area (TPSA) is 73.7 Å². The fraction of sp³-hybridized carbons (Fsp3) is 0.185. The summed E-state index contributed by atoms with van der Waals surface area (Å²) >= 11 is 0. The molecule has 0 fully saturated rings. The number of nitrogens with zero attached hydrogens (tertiary/aromatic N) is 2. The first kappa shape index (κ1) is 24.8. The molecule has 186 valence electrons. The van der Waals surface area contributed by atoms with Gasteiger partial charge in [0, 0.05) is 17.2 Å². The molecule has 0 atom stereocenters. The van der Waals surface area contributed by atoms with Gasteiger partial charge in [-0.3, -0.25) is 0 Å². The van der Waals surface area contributed by atoms with Crippen molar-refractivity contribution in [3.05, 3.63) is 83.8 Å². The Hall–Kier alpha value is -4.27. The van der Waals surface area contributed by atoms with E-state index in [1.807, 2.05) is 31.2 Å². The molecule has 3 aromatic carbocycles. The number of rotatable bonds is 7. The van der Waals surface area contributed by atoms with Gasteiger partial charge in [0.1, 0.15) is 24.4 Å². The van der Waals surface area contributed by atoms with Gasteiger partial charge in [0.15, 0.2) is 17.2 Å². The molecule has 0 unspecified atom stereocenters. The Kier molecular flexibility index (Phi) is 7.00. The molecule has 9 heteroatoms. The predicted octanol–water partition coefficient (Wildman–Crippen LogP) is 6.44. The number of aryl methyl sites for hydroxylation is 1. The van der Waals surface area contributed by atoms with Gasteiger partial charge in [-0.1, -0.05) is 35.9 Å². The number of phenolic OH excluding ortho intramolecular Hbond substituents is 1. The first-order valence-electron chi connectivity index (χ1n) is 10.9. The summed E-state index contributed by atoms with van der Waals surface area (Å²) in [4.78, 5) is 7.62. The van der Waals surface area contributed by atoms with E-state index in [1.165, 1.54) is 44.6 Å². The molecule has 0 aliphatic carbocycles. The number of alkyl halides is 3. The highest BCUT2D eigenvalue weighted by molar-refractivity contribution is 5.86. The van der Waals surface area contributed by atoms with Gasteiger partial charge in [-0.2, -0.15) is 13.2 Å². The molecule has 0 saturated carbocycles. The maximum atomic E-state index is 14.0. The second-order valence-corrected chi connectivity index (χ2v) is 7.97. The van der Waals surface area contributed by atoms with Crippen LogP contribution in [0.3, 0.4) is 0 Å². The molecular weight excluding hydrogens is 473 g/mol. The Morgan fingerprint density at radius 3 is 2.22 bits per heavy atom. The molecule has 0 radical (unpaired) electrons. The molecule has 1 N–H and O–H groups in total. The van der Waals surface area contributed by atoms with E-state index < -0.39 is 11.9 Å². The van der Waals surface area contributed by atoms with E-state index in [2.05, 4.69) is 9.97 Å². The zero-order valence-corrected chi connectivity index (χ0v) is 19.8. The average molecular weight is 496 g/mol. The molecule has 0 aliphatic rings. The monoisotopic (exact) mass is 496 g/mol. The van der Waals surface area contributed by atoms with Crippen LogP contribution in [0.1, 0.15) is 16.8 Å². The maximum absolute atomic E-state index is 14.0. The molecule has 0 saturated heterocycles. The largest absolute Gasteiger partial charge is 0.507 e. The molecular formula is C27H23F3N2O4. The van der Waals surface area contributed by atoms with E-state index in [1.54, 1.807) is 6.07 Å². The Bertz CT molecular complexity index is 1370. The lowest BCUT2D eigenvalue weighted by atomic mass is 9.96. The van der Waals surface area contributed by atoms with Crippen molar-refractivity contribution in [2.75, 3.05) is 14.2 Å². The standard InChI is InChI=1S/C27H23F3N2O4/c1-16-4-6-17(7-5-16)14-36-19-9-10-20(21(33)13-19)25-24(26(27(28,29)30)32-15-31-25)18-8-11-22(34-2)23(12-18)35-3/h4-13,15,33H,14H2,1-3H3. The predicted molar refractivity (Wildman–Crippen MR) is 128 cm³/mol. The SMILES string of the molecule is COc1ccc(-c2c(-c3ccc(OCc4ccc(C)cc4)cc3O)ncnc2C(F)(F)F)cc1OC. The third-order valence-corrected chi connectivity index (χ3v) is 5.54. The summed E-state index contributed by atoms with van der Waals surface area (Å²) in [6.07, 6.45) is -3.95. The van der Waals surface area contributed by atoms with Crippen LogP contribution in [0.4, 0.5) is 13.2 Å². The van der Waals surface area contributed by atoms with Crippen LogP contribution in [-0.2, 0) is 12.8 Å². The Labute approximate surface area is 205 Å². The minimum atomic E-state index is -4.77. The Morgan fingerprint density at radius 1 is 0.861 bits per heavy atom. The van der Waals surface area contributed by atoms with Crippen LogP contribution in [0, 0.1) is 6.92 Å². The van der Waals surface area contributed by atoms with Crippen molar-refractivity contribution in [1.29, 1.82) is 0 Å². The molecule has 4 rings (SSSR count). The highest BCUT2D eigenvalue weighted by Gasteiger charge is 2.38. The molecule has 0 amide bonds. The third kappa shape index (κ3) is 5.19. The summed E-state index contributed by atoms with van der Waals surface area (Å²) in [5.41, 5.74) is 0.769. The van der Waals surface area contributed by atoms with Gasteiger partial charge in [0.25, 0.3) is 0 Å². The van der Waals surface area contributed by atoms with Crippen LogP contribution >= 0.6 is 0 Å². The fourth-order valence-corrected chi connectivity index (χ4v) is 3.72. The first-order valence-corrected chi connectivity index (χ1v) is 10.9. The van der Waals surface area contributed by atoms with Gasteiger partial charge in [-0.25, -0.2) is 9.97 Å². The quantitative estimate of drug-likeness (QED) is 0.317. The molecule has 0 spiro atoms. The van der Waals surface area contributed by atoms with E-state index in [9.17, 15) is 18.3 Å². The second kappa shape index (κ2) is 10.2. The number of hydrogen-bond donors (Lipinski definition) is 1. The molecule has 4 aromatic rings. The highest BCUT2D eigenvalue weighted by atomic mass is 19.4. The van der Waals surface area contributed by atoms with Crippen molar-refractivity contribution in [2.45, 2.75) is 19.7 Å². The number of aromatic hydroxyl groups is 1. The Morgan fingerprint density at radius 2 is 1.58 bits per heavy atom. The zero-order valence-electron chi connectivity index (χ0n) is 19.8. The molecule has 1 heterocycles. The number of aromatic nitrogens is 2. The van der Waals surface area contributed by atoms with Crippen LogP contribution in [-0.4, -0.2) is 29.3 Å². The number of hydrogen-bond acceptors (Lipinski definition) is 6. The first-order chi connectivity index (χ1) is 17.2. The minimum absolute atomic E-state index is 0.0906. The van der Waals surface area contributed by atoms with Crippen LogP contribution in [0.25, 0.3) is 22.4 Å². The van der Waals surface area contributed by atoms with Crippen LogP contribution in [0.5, 0.6) is 23.0 Å². The van der Waals surface area contributed by atoms with Gasteiger partial charge in [0.2, 0.25) is 0 Å². The smallest absolute Gasteiger partial charge is 0.434 e. The molecule has 0 aliphatic heterocycles. The van der Waals surface area contributed by atoms with Gasteiger partial charge >= 0.3 is 6.18 Å². The number of benzene rings is 3. The lowest BCUT2D eigenvalue weighted by molar-refractivity contribution is -0.140. The van der Waals surface area contributed by atoms with E-state index in [-0.39, 0.29) is 40.5 Å². The number of ether oxygens (including phenoxy) is 3. The van der Waals surface area contributed by atoms with E-state index in [4.69, 9.17) is 14.2 Å². The fourth-order valence-electron chi connectivity index (χ4n) is 3.72.